The second kappa shape index (κ2) is 6.75. The van der Waals surface area contributed by atoms with Gasteiger partial charge < -0.3 is 5.32 Å². The highest BCUT2D eigenvalue weighted by Gasteiger charge is 2.18. The fourth-order valence-electron chi connectivity index (χ4n) is 2.40. The van der Waals surface area contributed by atoms with Crippen LogP contribution in [0.1, 0.15) is 35.2 Å². The van der Waals surface area contributed by atoms with E-state index in [9.17, 15) is 0 Å². The zero-order valence-electron chi connectivity index (χ0n) is 12.0. The number of aryl methyl sites for hydroxylation is 2. The van der Waals surface area contributed by atoms with Gasteiger partial charge in [-0.1, -0.05) is 64.3 Å². The van der Waals surface area contributed by atoms with Crippen LogP contribution in [0.4, 0.5) is 0 Å². The molecular weight excluding hydrogens is 334 g/mol. The molecule has 20 heavy (non-hydrogen) atoms. The molecule has 2 aromatic rings. The maximum absolute atomic E-state index is 6.43. The molecule has 2 rings (SSSR count). The van der Waals surface area contributed by atoms with Crippen LogP contribution in [0.15, 0.2) is 40.9 Å². The lowest BCUT2D eigenvalue weighted by Crippen LogP contribution is -2.23. The van der Waals surface area contributed by atoms with Gasteiger partial charge in [0, 0.05) is 9.50 Å². The molecule has 0 fully saturated rings. The Labute approximate surface area is 134 Å². The predicted octanol–water partition coefficient (Wildman–Crippen LogP) is 5.42. The van der Waals surface area contributed by atoms with E-state index < -0.39 is 0 Å². The van der Waals surface area contributed by atoms with Crippen LogP contribution in [0, 0.1) is 13.8 Å². The van der Waals surface area contributed by atoms with Gasteiger partial charge in [0.05, 0.1) is 6.04 Å². The Balaban J connectivity index is 2.53. The monoisotopic (exact) mass is 351 g/mol. The quantitative estimate of drug-likeness (QED) is 0.775. The van der Waals surface area contributed by atoms with Crippen molar-refractivity contribution in [3.63, 3.8) is 0 Å². The fourth-order valence-corrected chi connectivity index (χ4v) is 3.18. The molecule has 0 spiro atoms. The summed E-state index contributed by atoms with van der Waals surface area (Å²) >= 11 is 9.89. The molecule has 0 aliphatic heterocycles. The highest BCUT2D eigenvalue weighted by atomic mass is 79.9. The molecule has 1 N–H and O–H groups in total. The summed E-state index contributed by atoms with van der Waals surface area (Å²) in [6, 6.07) is 12.7. The average molecular weight is 353 g/mol. The number of halogens is 2. The van der Waals surface area contributed by atoms with E-state index in [0.717, 1.165) is 21.6 Å². The molecule has 0 bridgehead atoms. The normalized spacial score (nSPS) is 12.4. The number of hydrogen-bond acceptors (Lipinski definition) is 1. The van der Waals surface area contributed by atoms with Gasteiger partial charge in [-0.3, -0.25) is 0 Å². The third-order valence-electron chi connectivity index (χ3n) is 3.43. The molecule has 0 aromatic heterocycles. The molecular formula is C17H19BrClN. The van der Waals surface area contributed by atoms with Gasteiger partial charge in [-0.05, 0) is 49.2 Å². The lowest BCUT2D eigenvalue weighted by Gasteiger charge is -2.22. The van der Waals surface area contributed by atoms with E-state index in [1.165, 1.54) is 16.7 Å². The van der Waals surface area contributed by atoms with Crippen molar-refractivity contribution in [2.45, 2.75) is 26.8 Å². The number of hydrogen-bond donors (Lipinski definition) is 1. The minimum absolute atomic E-state index is 0.125. The molecule has 1 nitrogen and oxygen atoms in total. The van der Waals surface area contributed by atoms with Crippen molar-refractivity contribution in [3.05, 3.63) is 68.1 Å². The summed E-state index contributed by atoms with van der Waals surface area (Å²) in [7, 11) is 0. The minimum atomic E-state index is 0.125. The van der Waals surface area contributed by atoms with Gasteiger partial charge in [0.15, 0.2) is 0 Å². The van der Waals surface area contributed by atoms with Gasteiger partial charge in [-0.15, -0.1) is 0 Å². The van der Waals surface area contributed by atoms with Gasteiger partial charge >= 0.3 is 0 Å². The number of benzene rings is 2. The Morgan fingerprint density at radius 2 is 1.85 bits per heavy atom. The van der Waals surface area contributed by atoms with Crippen LogP contribution in [-0.2, 0) is 0 Å². The van der Waals surface area contributed by atoms with Crippen LogP contribution in [0.2, 0.25) is 5.02 Å². The van der Waals surface area contributed by atoms with Crippen LogP contribution >= 0.6 is 27.5 Å². The van der Waals surface area contributed by atoms with E-state index in [1.54, 1.807) is 0 Å². The summed E-state index contributed by atoms with van der Waals surface area (Å²) in [5.74, 6) is 0. The van der Waals surface area contributed by atoms with Crippen molar-refractivity contribution in [3.8, 4) is 0 Å². The van der Waals surface area contributed by atoms with Crippen molar-refractivity contribution in [2.75, 3.05) is 6.54 Å². The van der Waals surface area contributed by atoms with Gasteiger partial charge in [0.1, 0.15) is 0 Å². The first-order chi connectivity index (χ1) is 9.52. The molecule has 0 aliphatic carbocycles. The molecule has 0 saturated heterocycles. The third-order valence-corrected chi connectivity index (χ3v) is 4.25. The highest BCUT2D eigenvalue weighted by Crippen LogP contribution is 2.32. The maximum Gasteiger partial charge on any atom is 0.0594 e. The molecule has 0 amide bonds. The van der Waals surface area contributed by atoms with Crippen molar-refractivity contribution in [1.82, 2.24) is 5.32 Å². The summed E-state index contributed by atoms with van der Waals surface area (Å²) < 4.78 is 1.00. The second-order valence-corrected chi connectivity index (χ2v) is 6.34. The summed E-state index contributed by atoms with van der Waals surface area (Å²) in [5, 5.41) is 4.33. The van der Waals surface area contributed by atoms with E-state index >= 15 is 0 Å². The third kappa shape index (κ3) is 3.43. The molecule has 1 atom stereocenters. The number of nitrogens with one attached hydrogen (secondary N) is 1. The topological polar surface area (TPSA) is 12.0 Å². The largest absolute Gasteiger partial charge is 0.306 e. The highest BCUT2D eigenvalue weighted by molar-refractivity contribution is 9.10. The van der Waals surface area contributed by atoms with Crippen molar-refractivity contribution in [1.29, 1.82) is 0 Å². The van der Waals surface area contributed by atoms with E-state index in [0.29, 0.717) is 0 Å². The summed E-state index contributed by atoms with van der Waals surface area (Å²) in [5.41, 5.74) is 4.95. The lowest BCUT2D eigenvalue weighted by atomic mass is 9.93. The number of rotatable bonds is 4. The Morgan fingerprint density at radius 3 is 2.50 bits per heavy atom. The SMILES string of the molecule is CCNC(c1cc(C)ccc1C)c1ccc(Br)cc1Cl. The van der Waals surface area contributed by atoms with Crippen molar-refractivity contribution < 1.29 is 0 Å². The molecule has 0 saturated carbocycles. The molecule has 106 valence electrons. The van der Waals surface area contributed by atoms with E-state index in [4.69, 9.17) is 11.6 Å². The Hall–Kier alpha value is -0.830. The fraction of sp³-hybridized carbons (Fsp3) is 0.294. The van der Waals surface area contributed by atoms with E-state index in [2.05, 4.69) is 66.3 Å². The molecule has 0 aliphatic rings. The summed E-state index contributed by atoms with van der Waals surface area (Å²) in [6.45, 7) is 7.27. The second-order valence-electron chi connectivity index (χ2n) is 5.02. The summed E-state index contributed by atoms with van der Waals surface area (Å²) in [6.07, 6.45) is 0. The first-order valence-corrected chi connectivity index (χ1v) is 7.95. The Kier molecular flexibility index (Phi) is 5.25. The van der Waals surface area contributed by atoms with Crippen LogP contribution in [0.5, 0.6) is 0 Å². The van der Waals surface area contributed by atoms with Gasteiger partial charge in [0.2, 0.25) is 0 Å². The molecule has 2 aromatic carbocycles. The Bertz CT molecular complexity index is 610. The molecule has 0 heterocycles. The van der Waals surface area contributed by atoms with Gasteiger partial charge in [-0.2, -0.15) is 0 Å². The maximum atomic E-state index is 6.43. The predicted molar refractivity (Wildman–Crippen MR) is 90.6 cm³/mol. The first-order valence-electron chi connectivity index (χ1n) is 6.78. The first kappa shape index (κ1) is 15.6. The van der Waals surface area contributed by atoms with Crippen LogP contribution in [-0.4, -0.2) is 6.54 Å². The lowest BCUT2D eigenvalue weighted by molar-refractivity contribution is 0.627. The zero-order valence-corrected chi connectivity index (χ0v) is 14.3. The van der Waals surface area contributed by atoms with Gasteiger partial charge in [0.25, 0.3) is 0 Å². The Morgan fingerprint density at radius 1 is 1.10 bits per heavy atom. The zero-order chi connectivity index (χ0) is 14.7. The van der Waals surface area contributed by atoms with E-state index in [1.807, 2.05) is 12.1 Å². The smallest absolute Gasteiger partial charge is 0.0594 e. The van der Waals surface area contributed by atoms with Crippen molar-refractivity contribution >= 4 is 27.5 Å². The van der Waals surface area contributed by atoms with Crippen LogP contribution in [0.25, 0.3) is 0 Å². The average Bonchev–Trinajstić information content (AvgIpc) is 2.40. The minimum Gasteiger partial charge on any atom is -0.306 e. The summed E-state index contributed by atoms with van der Waals surface area (Å²) in [4.78, 5) is 0. The van der Waals surface area contributed by atoms with E-state index in [-0.39, 0.29) is 6.04 Å². The molecule has 1 unspecified atom stereocenters. The van der Waals surface area contributed by atoms with Crippen LogP contribution < -0.4 is 5.32 Å². The molecule has 0 radical (unpaired) electrons. The standard InChI is InChI=1S/C17H19BrClN/c1-4-20-17(14-8-7-13(18)10-16(14)19)15-9-11(2)5-6-12(15)3/h5-10,17,20H,4H2,1-3H3. The van der Waals surface area contributed by atoms with Crippen LogP contribution in [0.3, 0.4) is 0 Å². The molecule has 3 heteroatoms. The van der Waals surface area contributed by atoms with Gasteiger partial charge in [-0.25, -0.2) is 0 Å². The van der Waals surface area contributed by atoms with Crippen molar-refractivity contribution in [2.24, 2.45) is 0 Å².